The number of aromatic nitrogens is 4. The van der Waals surface area contributed by atoms with Gasteiger partial charge in [0, 0.05) is 14.1 Å². The maximum atomic E-state index is 14.2. The summed E-state index contributed by atoms with van der Waals surface area (Å²) in [6.45, 7) is 11.4. The van der Waals surface area contributed by atoms with Gasteiger partial charge in [0.15, 0.2) is 17.4 Å². The molecule has 1 aromatic carbocycles. The number of benzene rings is 1. The van der Waals surface area contributed by atoms with Gasteiger partial charge in [-0.1, -0.05) is 53.7 Å². The van der Waals surface area contributed by atoms with Crippen LogP contribution in [0.2, 0.25) is 0 Å². The highest BCUT2D eigenvalue weighted by atomic mass is 32.2. The summed E-state index contributed by atoms with van der Waals surface area (Å²) in [7, 11) is -0.961. The van der Waals surface area contributed by atoms with Gasteiger partial charge >= 0.3 is 10.1 Å². The number of hydrogen-bond acceptors (Lipinski definition) is 12. The standard InChI is InChI=1S/C31H43N7O7S/c1-17(2)20-12-21(18(3)4)27(22(13-20)19(5)6)46(41,42)45-29-24-28(35-31(36-29)34-15-37(7)8)38(16-33-24)30-26(43-11-9-10-32)25(40)23(14-39)44-30/h12-13,15-19,23,25-26,30,39-40H,9,11,14H2,1-8H3/t23-,25?,26+,30-/m1/s1. The van der Waals surface area contributed by atoms with Gasteiger partial charge in [-0.2, -0.15) is 23.6 Å². The molecule has 3 heterocycles. The molecule has 2 aromatic heterocycles. The Labute approximate surface area is 269 Å². The molecule has 1 aliphatic heterocycles. The molecule has 250 valence electrons. The first-order valence-corrected chi connectivity index (χ1v) is 16.6. The minimum atomic E-state index is -4.47. The van der Waals surface area contributed by atoms with Gasteiger partial charge in [0.2, 0.25) is 0 Å². The van der Waals surface area contributed by atoms with Crippen molar-refractivity contribution in [2.24, 2.45) is 4.99 Å². The molecule has 4 rings (SSSR count). The zero-order chi connectivity index (χ0) is 33.9. The molecule has 3 aromatic rings. The van der Waals surface area contributed by atoms with E-state index in [1.165, 1.54) is 17.2 Å². The third kappa shape index (κ3) is 7.31. The van der Waals surface area contributed by atoms with E-state index in [1.807, 2.05) is 45.9 Å². The fourth-order valence-electron chi connectivity index (χ4n) is 5.19. The van der Waals surface area contributed by atoms with E-state index in [1.54, 1.807) is 19.0 Å². The third-order valence-corrected chi connectivity index (χ3v) is 8.94. The predicted molar refractivity (Wildman–Crippen MR) is 171 cm³/mol. The number of ether oxygens (including phenoxy) is 2. The average Bonchev–Trinajstić information content (AvgIpc) is 3.55. The van der Waals surface area contributed by atoms with Gasteiger partial charge in [-0.3, -0.25) is 4.57 Å². The molecule has 0 saturated carbocycles. The average molecular weight is 658 g/mol. The Morgan fingerprint density at radius 2 is 1.78 bits per heavy atom. The molecule has 0 aliphatic carbocycles. The number of aliphatic imine (C=N–C) groups is 1. The van der Waals surface area contributed by atoms with E-state index in [9.17, 15) is 18.6 Å². The van der Waals surface area contributed by atoms with Crippen molar-refractivity contribution >= 4 is 33.6 Å². The van der Waals surface area contributed by atoms with Crippen LogP contribution in [0.4, 0.5) is 5.95 Å². The van der Waals surface area contributed by atoms with Crippen molar-refractivity contribution in [3.63, 3.8) is 0 Å². The topological polar surface area (TPSA) is 185 Å². The van der Waals surface area contributed by atoms with Gasteiger partial charge in [0.05, 0.1) is 38.4 Å². The minimum absolute atomic E-state index is 0.00434. The molecule has 14 nitrogen and oxygen atoms in total. The number of aliphatic hydroxyl groups excluding tert-OH is 2. The first kappa shape index (κ1) is 35.2. The molecule has 0 spiro atoms. The second-order valence-corrected chi connectivity index (χ2v) is 13.9. The summed E-state index contributed by atoms with van der Waals surface area (Å²) in [4.78, 5) is 19.3. The number of fused-ring (bicyclic) bond motifs is 1. The molecule has 1 saturated heterocycles. The quantitative estimate of drug-likeness (QED) is 0.118. The molecule has 15 heteroatoms. The molecule has 0 bridgehead atoms. The Morgan fingerprint density at radius 3 is 2.33 bits per heavy atom. The Bertz CT molecular complexity index is 1680. The summed E-state index contributed by atoms with van der Waals surface area (Å²) in [6, 6.07) is 5.82. The fraction of sp³-hybridized carbons (Fsp3) is 0.581. The van der Waals surface area contributed by atoms with Crippen LogP contribution >= 0.6 is 0 Å². The number of rotatable bonds is 13. The van der Waals surface area contributed by atoms with Crippen molar-refractivity contribution in [2.75, 3.05) is 27.3 Å². The second kappa shape index (κ2) is 14.4. The van der Waals surface area contributed by atoms with Crippen molar-refractivity contribution in [1.82, 2.24) is 24.4 Å². The largest absolute Gasteiger partial charge is 0.394 e. The van der Waals surface area contributed by atoms with Crippen LogP contribution in [0.3, 0.4) is 0 Å². The van der Waals surface area contributed by atoms with Gasteiger partial charge < -0.3 is 28.8 Å². The van der Waals surface area contributed by atoms with Crippen molar-refractivity contribution in [3.8, 4) is 11.9 Å². The highest BCUT2D eigenvalue weighted by Crippen LogP contribution is 2.39. The van der Waals surface area contributed by atoms with Gasteiger partial charge in [-0.15, -0.1) is 0 Å². The summed E-state index contributed by atoms with van der Waals surface area (Å²) in [5.41, 5.74) is 2.40. The fourth-order valence-corrected chi connectivity index (χ4v) is 6.76. The molecular weight excluding hydrogens is 614 g/mol. The van der Waals surface area contributed by atoms with Crippen molar-refractivity contribution in [1.29, 1.82) is 5.26 Å². The van der Waals surface area contributed by atoms with Gasteiger partial charge in [-0.05, 0) is 34.4 Å². The van der Waals surface area contributed by atoms with Crippen LogP contribution in [0.25, 0.3) is 11.2 Å². The lowest BCUT2D eigenvalue weighted by Gasteiger charge is -2.22. The van der Waals surface area contributed by atoms with E-state index in [2.05, 4.69) is 33.8 Å². The van der Waals surface area contributed by atoms with E-state index >= 15 is 0 Å². The molecule has 0 amide bonds. The van der Waals surface area contributed by atoms with Gasteiger partial charge in [-0.25, -0.2) is 9.98 Å². The van der Waals surface area contributed by atoms with Crippen molar-refractivity contribution in [2.45, 2.75) is 95.2 Å². The van der Waals surface area contributed by atoms with E-state index in [0.717, 1.165) is 5.56 Å². The molecule has 2 N–H and O–H groups in total. The van der Waals surface area contributed by atoms with E-state index < -0.39 is 41.3 Å². The monoisotopic (exact) mass is 657 g/mol. The van der Waals surface area contributed by atoms with Gasteiger partial charge in [0.1, 0.15) is 23.2 Å². The Hall–Kier alpha value is -3.68. The summed E-state index contributed by atoms with van der Waals surface area (Å²) >= 11 is 0. The number of nitrogens with zero attached hydrogens (tertiary/aromatic N) is 7. The SMILES string of the molecule is CC(C)c1cc(C(C)C)c(S(=O)(=O)Oc2nc(N=CN(C)C)nc3c2ncn3[C@@H]2O[C@H](CO)C(O)[C@@H]2OCCC#N)c(C(C)C)c1. The Kier molecular flexibility index (Phi) is 11.0. The molecule has 4 atom stereocenters. The van der Waals surface area contributed by atoms with Crippen LogP contribution < -0.4 is 4.18 Å². The van der Waals surface area contributed by atoms with Crippen LogP contribution in [-0.4, -0.2) is 95.0 Å². The third-order valence-electron chi connectivity index (χ3n) is 7.59. The van der Waals surface area contributed by atoms with Crippen molar-refractivity contribution in [3.05, 3.63) is 35.2 Å². The first-order chi connectivity index (χ1) is 21.7. The summed E-state index contributed by atoms with van der Waals surface area (Å²) in [6.07, 6.45) is -1.40. The zero-order valence-corrected chi connectivity index (χ0v) is 28.3. The van der Waals surface area contributed by atoms with E-state index in [0.29, 0.717) is 11.1 Å². The minimum Gasteiger partial charge on any atom is -0.394 e. The molecular formula is C31H43N7O7S. The maximum Gasteiger partial charge on any atom is 0.341 e. The van der Waals surface area contributed by atoms with Crippen LogP contribution in [0.15, 0.2) is 28.3 Å². The number of imidazole rings is 1. The number of nitriles is 1. The molecule has 1 unspecified atom stereocenters. The molecule has 46 heavy (non-hydrogen) atoms. The normalized spacial score (nSPS) is 20.4. The predicted octanol–water partition coefficient (Wildman–Crippen LogP) is 3.74. The zero-order valence-electron chi connectivity index (χ0n) is 27.4. The number of aliphatic hydroxyl groups is 2. The van der Waals surface area contributed by atoms with Crippen molar-refractivity contribution < 1.29 is 32.3 Å². The van der Waals surface area contributed by atoms with Crippen LogP contribution in [0.1, 0.15) is 88.6 Å². The van der Waals surface area contributed by atoms with E-state index in [-0.39, 0.29) is 58.7 Å². The Balaban J connectivity index is 1.89. The lowest BCUT2D eigenvalue weighted by Crippen LogP contribution is -2.35. The first-order valence-electron chi connectivity index (χ1n) is 15.2. The number of hydrogen-bond donors (Lipinski definition) is 2. The lowest BCUT2D eigenvalue weighted by atomic mass is 9.89. The van der Waals surface area contributed by atoms with Gasteiger partial charge in [0.25, 0.3) is 11.8 Å². The summed E-state index contributed by atoms with van der Waals surface area (Å²) in [5.74, 6) is -0.526. The smallest absolute Gasteiger partial charge is 0.341 e. The summed E-state index contributed by atoms with van der Waals surface area (Å²) in [5, 5.41) is 29.6. The highest BCUT2D eigenvalue weighted by molar-refractivity contribution is 7.87. The maximum absolute atomic E-state index is 14.2. The highest BCUT2D eigenvalue weighted by Gasteiger charge is 2.46. The second-order valence-electron chi connectivity index (χ2n) is 12.4. The molecule has 1 aliphatic rings. The molecule has 1 fully saturated rings. The lowest BCUT2D eigenvalue weighted by molar-refractivity contribution is -0.0693. The van der Waals surface area contributed by atoms with E-state index in [4.69, 9.17) is 18.9 Å². The van der Waals surface area contributed by atoms with Crippen LogP contribution in [0.5, 0.6) is 5.88 Å². The summed E-state index contributed by atoms with van der Waals surface area (Å²) < 4.78 is 47.5. The Morgan fingerprint density at radius 1 is 1.13 bits per heavy atom. The van der Waals surface area contributed by atoms with Crippen LogP contribution in [0, 0.1) is 11.3 Å². The van der Waals surface area contributed by atoms with Crippen LogP contribution in [-0.2, 0) is 19.6 Å². The molecule has 0 radical (unpaired) electrons.